The molecule has 0 amide bonds. The van der Waals surface area contributed by atoms with Gasteiger partial charge in [0, 0.05) is 8.90 Å². The van der Waals surface area contributed by atoms with E-state index >= 15 is 0 Å². The molecule has 1 aromatic carbocycles. The Balaban J connectivity index is 1.97. The van der Waals surface area contributed by atoms with E-state index in [1.165, 1.54) is 37.7 Å². The first kappa shape index (κ1) is 13.8. The molecule has 0 N–H and O–H groups in total. The molecule has 1 aromatic rings. The topological polar surface area (TPSA) is 9.23 Å². The highest BCUT2D eigenvalue weighted by molar-refractivity contribution is 14.1. The van der Waals surface area contributed by atoms with E-state index in [1.807, 2.05) is 0 Å². The van der Waals surface area contributed by atoms with Crippen LogP contribution in [0.4, 0.5) is 0 Å². The number of hydrogen-bond donors (Lipinski definition) is 0. The van der Waals surface area contributed by atoms with Crippen molar-refractivity contribution < 1.29 is 4.74 Å². The number of benzene rings is 1. The van der Waals surface area contributed by atoms with E-state index in [2.05, 4.69) is 62.8 Å². The predicted octanol–water partition coefficient (Wildman–Crippen LogP) is 5.27. The molecule has 1 nitrogen and oxygen atoms in total. The van der Waals surface area contributed by atoms with Crippen molar-refractivity contribution >= 4 is 38.5 Å². The van der Waals surface area contributed by atoms with Crippen LogP contribution in [0.5, 0.6) is 0 Å². The van der Waals surface area contributed by atoms with Crippen molar-refractivity contribution in [2.24, 2.45) is 0 Å². The molecule has 0 saturated heterocycles. The summed E-state index contributed by atoms with van der Waals surface area (Å²) in [5.74, 6) is 0. The van der Waals surface area contributed by atoms with Gasteiger partial charge in [-0.15, -0.1) is 0 Å². The van der Waals surface area contributed by atoms with Crippen LogP contribution in [0.3, 0.4) is 0 Å². The Hall–Kier alpha value is 0.390. The zero-order chi connectivity index (χ0) is 12.1. The van der Waals surface area contributed by atoms with E-state index in [9.17, 15) is 0 Å². The van der Waals surface area contributed by atoms with Crippen LogP contribution in [0.25, 0.3) is 0 Å². The van der Waals surface area contributed by atoms with Gasteiger partial charge in [0.05, 0.1) is 12.2 Å². The van der Waals surface area contributed by atoms with E-state index in [-0.39, 0.29) is 6.10 Å². The Morgan fingerprint density at radius 3 is 2.41 bits per heavy atom. The Bertz CT molecular complexity index is 333. The quantitative estimate of drug-likeness (QED) is 0.486. The molecule has 1 fully saturated rings. The van der Waals surface area contributed by atoms with Gasteiger partial charge < -0.3 is 4.74 Å². The molecule has 1 unspecified atom stereocenters. The zero-order valence-electron chi connectivity index (χ0n) is 9.87. The molecular weight excluding hydrogens is 391 g/mol. The van der Waals surface area contributed by atoms with Crippen molar-refractivity contribution in [1.82, 2.24) is 0 Å². The van der Waals surface area contributed by atoms with Gasteiger partial charge >= 0.3 is 0 Å². The van der Waals surface area contributed by atoms with Gasteiger partial charge in [0.25, 0.3) is 0 Å². The summed E-state index contributed by atoms with van der Waals surface area (Å²) >= 11 is 5.89. The largest absolute Gasteiger partial charge is 0.369 e. The number of hydrogen-bond acceptors (Lipinski definition) is 1. The minimum absolute atomic E-state index is 0.256. The van der Waals surface area contributed by atoms with Gasteiger partial charge in [0.15, 0.2) is 0 Å². The fraction of sp³-hybridized carbons (Fsp3) is 0.571. The zero-order valence-corrected chi connectivity index (χ0v) is 13.6. The van der Waals surface area contributed by atoms with Crippen LogP contribution >= 0.6 is 38.5 Å². The monoisotopic (exact) mass is 408 g/mol. The van der Waals surface area contributed by atoms with E-state index in [0.29, 0.717) is 6.10 Å². The van der Waals surface area contributed by atoms with E-state index < -0.39 is 0 Å². The van der Waals surface area contributed by atoms with Gasteiger partial charge in [-0.05, 0) is 30.5 Å². The van der Waals surface area contributed by atoms with E-state index in [0.717, 1.165) is 8.90 Å². The minimum Gasteiger partial charge on any atom is -0.369 e. The fourth-order valence-corrected chi connectivity index (χ4v) is 3.30. The summed E-state index contributed by atoms with van der Waals surface area (Å²) in [6.07, 6.45) is 7.26. The molecule has 3 heteroatoms. The van der Waals surface area contributed by atoms with Gasteiger partial charge in [-0.3, -0.25) is 0 Å². The van der Waals surface area contributed by atoms with Crippen molar-refractivity contribution in [3.8, 4) is 0 Å². The van der Waals surface area contributed by atoms with Crippen LogP contribution in [0.1, 0.15) is 43.8 Å². The third-order valence-corrected chi connectivity index (χ3v) is 4.62. The summed E-state index contributed by atoms with van der Waals surface area (Å²) in [6.45, 7) is 0. The summed E-state index contributed by atoms with van der Waals surface area (Å²) < 4.78 is 8.40. The Kier molecular flexibility index (Phi) is 5.77. The van der Waals surface area contributed by atoms with Crippen LogP contribution < -0.4 is 0 Å². The SMILES string of the molecule is Brc1ccc(C(CI)OC2CCCCC2)cc1. The van der Waals surface area contributed by atoms with Crippen LogP contribution in [0.2, 0.25) is 0 Å². The lowest BCUT2D eigenvalue weighted by Gasteiger charge is -2.27. The second-order valence-corrected chi connectivity index (χ2v) is 6.39. The molecule has 17 heavy (non-hydrogen) atoms. The first-order valence-corrected chi connectivity index (χ1v) is 8.58. The summed E-state index contributed by atoms with van der Waals surface area (Å²) in [6, 6.07) is 8.52. The summed E-state index contributed by atoms with van der Waals surface area (Å²) in [5.41, 5.74) is 1.30. The van der Waals surface area contributed by atoms with Gasteiger partial charge in [-0.2, -0.15) is 0 Å². The minimum atomic E-state index is 0.256. The van der Waals surface area contributed by atoms with Crippen molar-refractivity contribution in [2.75, 3.05) is 4.43 Å². The third-order valence-electron chi connectivity index (χ3n) is 3.29. The maximum absolute atomic E-state index is 6.24. The van der Waals surface area contributed by atoms with Gasteiger partial charge in [0.1, 0.15) is 0 Å². The molecule has 0 aromatic heterocycles. The molecule has 94 valence electrons. The molecule has 2 rings (SSSR count). The molecule has 0 spiro atoms. The molecule has 0 aliphatic heterocycles. The smallest absolute Gasteiger partial charge is 0.0918 e. The Morgan fingerprint density at radius 1 is 1.18 bits per heavy atom. The lowest BCUT2D eigenvalue weighted by Crippen LogP contribution is -2.20. The van der Waals surface area contributed by atoms with Crippen molar-refractivity contribution in [3.63, 3.8) is 0 Å². The number of halogens is 2. The highest BCUT2D eigenvalue weighted by Crippen LogP contribution is 2.28. The molecule has 1 saturated carbocycles. The van der Waals surface area contributed by atoms with Gasteiger partial charge in [0.2, 0.25) is 0 Å². The average molecular weight is 409 g/mol. The number of rotatable bonds is 4. The highest BCUT2D eigenvalue weighted by Gasteiger charge is 2.19. The molecule has 0 heterocycles. The standard InChI is InChI=1S/C14H18BrIO/c15-12-8-6-11(7-9-12)14(10-16)17-13-4-2-1-3-5-13/h6-9,13-14H,1-5,10H2. The third kappa shape index (κ3) is 4.21. The van der Waals surface area contributed by atoms with Crippen LogP contribution in [-0.2, 0) is 4.74 Å². The van der Waals surface area contributed by atoms with Crippen LogP contribution in [0.15, 0.2) is 28.7 Å². The summed E-state index contributed by atoms with van der Waals surface area (Å²) in [5, 5.41) is 0. The molecule has 1 aliphatic rings. The maximum Gasteiger partial charge on any atom is 0.0918 e. The molecule has 0 bridgehead atoms. The van der Waals surface area contributed by atoms with Crippen molar-refractivity contribution in [2.45, 2.75) is 44.3 Å². The van der Waals surface area contributed by atoms with Crippen molar-refractivity contribution in [1.29, 1.82) is 0 Å². The van der Waals surface area contributed by atoms with Gasteiger partial charge in [-0.1, -0.05) is 69.9 Å². The van der Waals surface area contributed by atoms with E-state index in [4.69, 9.17) is 4.74 Å². The first-order valence-electron chi connectivity index (χ1n) is 6.26. The average Bonchev–Trinajstić information content (AvgIpc) is 2.38. The van der Waals surface area contributed by atoms with Crippen LogP contribution in [0, 0.1) is 0 Å². The number of alkyl halides is 1. The second-order valence-electron chi connectivity index (χ2n) is 4.59. The molecule has 1 aliphatic carbocycles. The molecule has 1 atom stereocenters. The predicted molar refractivity (Wildman–Crippen MR) is 83.7 cm³/mol. The van der Waals surface area contributed by atoms with Gasteiger partial charge in [-0.25, -0.2) is 0 Å². The van der Waals surface area contributed by atoms with E-state index in [1.54, 1.807) is 0 Å². The lowest BCUT2D eigenvalue weighted by atomic mass is 9.97. The molecular formula is C14H18BrIO. The fourth-order valence-electron chi connectivity index (χ4n) is 2.31. The molecule has 0 radical (unpaired) electrons. The normalized spacial score (nSPS) is 19.2. The summed E-state index contributed by atoms with van der Waals surface area (Å²) in [4.78, 5) is 0. The Labute approximate surface area is 126 Å². The Morgan fingerprint density at radius 2 is 1.82 bits per heavy atom. The van der Waals surface area contributed by atoms with Crippen molar-refractivity contribution in [3.05, 3.63) is 34.3 Å². The highest BCUT2D eigenvalue weighted by atomic mass is 127. The lowest BCUT2D eigenvalue weighted by molar-refractivity contribution is -0.0185. The first-order chi connectivity index (χ1) is 8.29. The van der Waals surface area contributed by atoms with Crippen LogP contribution in [-0.4, -0.2) is 10.5 Å². The summed E-state index contributed by atoms with van der Waals surface area (Å²) in [7, 11) is 0. The maximum atomic E-state index is 6.24. The second kappa shape index (κ2) is 7.10. The number of ether oxygens (including phenoxy) is 1.